The molecule has 4 rings (SSSR count). The van der Waals surface area contributed by atoms with Crippen molar-refractivity contribution in [1.82, 2.24) is 10.2 Å². The molecule has 13 heteroatoms. The van der Waals surface area contributed by atoms with E-state index in [1.807, 2.05) is 32.1 Å². The second-order valence-corrected chi connectivity index (χ2v) is 13.2. The smallest absolute Gasteiger partial charge is 0.409 e. The van der Waals surface area contributed by atoms with Crippen LogP contribution in [0, 0.1) is 5.92 Å². The van der Waals surface area contributed by atoms with Crippen molar-refractivity contribution in [2.24, 2.45) is 5.92 Å². The lowest BCUT2D eigenvalue weighted by Crippen LogP contribution is -2.63. The van der Waals surface area contributed by atoms with Crippen LogP contribution in [0.1, 0.15) is 46.1 Å². The number of alkyl carbamates (subject to hydrolysis) is 1. The monoisotopic (exact) mass is 663 g/mol. The first-order chi connectivity index (χ1) is 21.5. The third-order valence-corrected chi connectivity index (χ3v) is 9.70. The van der Waals surface area contributed by atoms with Crippen molar-refractivity contribution >= 4 is 35.3 Å². The van der Waals surface area contributed by atoms with Crippen LogP contribution in [-0.2, 0) is 35.0 Å². The number of aliphatic hydroxyl groups is 1. The fourth-order valence-electron chi connectivity index (χ4n) is 6.05. The molecule has 1 aromatic rings. The van der Waals surface area contributed by atoms with Crippen molar-refractivity contribution < 1.29 is 43.2 Å². The van der Waals surface area contributed by atoms with Gasteiger partial charge >= 0.3 is 12.1 Å². The van der Waals surface area contributed by atoms with E-state index in [0.29, 0.717) is 17.9 Å². The predicted molar refractivity (Wildman–Crippen MR) is 172 cm³/mol. The van der Waals surface area contributed by atoms with Crippen LogP contribution < -0.4 is 15.0 Å². The maximum Gasteiger partial charge on any atom is 0.409 e. The van der Waals surface area contributed by atoms with Gasteiger partial charge in [-0.1, -0.05) is 42.3 Å². The highest BCUT2D eigenvalue weighted by molar-refractivity contribution is 6.35. The number of likely N-dealkylation sites (N-methyl/N-ethyl adjacent to an activating group) is 1. The van der Waals surface area contributed by atoms with Gasteiger partial charge in [0.25, 0.3) is 0 Å². The van der Waals surface area contributed by atoms with E-state index in [4.69, 9.17) is 35.3 Å². The van der Waals surface area contributed by atoms with Gasteiger partial charge in [0.05, 0.1) is 25.3 Å². The van der Waals surface area contributed by atoms with E-state index in [-0.39, 0.29) is 23.8 Å². The summed E-state index contributed by atoms with van der Waals surface area (Å²) in [6, 6.07) is 3.04. The van der Waals surface area contributed by atoms with Crippen molar-refractivity contribution in [1.29, 1.82) is 0 Å². The van der Waals surface area contributed by atoms with Crippen molar-refractivity contribution in [2.45, 2.75) is 88.7 Å². The molecule has 2 saturated heterocycles. The van der Waals surface area contributed by atoms with Crippen molar-refractivity contribution in [3.05, 3.63) is 46.5 Å². The van der Waals surface area contributed by atoms with Crippen molar-refractivity contribution in [3.8, 4) is 5.75 Å². The fourth-order valence-corrected chi connectivity index (χ4v) is 6.37. The second-order valence-electron chi connectivity index (χ2n) is 12.9. The minimum atomic E-state index is -1.78. The first-order valence-electron chi connectivity index (χ1n) is 15.3. The van der Waals surface area contributed by atoms with Crippen LogP contribution in [0.4, 0.5) is 10.5 Å². The molecule has 0 spiro atoms. The van der Waals surface area contributed by atoms with Crippen LogP contribution in [0.3, 0.4) is 0 Å². The molecule has 1 unspecified atom stereocenters. The molecule has 4 bridgehead atoms. The number of anilines is 1. The molecule has 1 aromatic carbocycles. The zero-order valence-electron chi connectivity index (χ0n) is 28.0. The predicted octanol–water partition coefficient (Wildman–Crippen LogP) is 3.62. The van der Waals surface area contributed by atoms with Crippen LogP contribution in [0.15, 0.2) is 35.9 Å². The zero-order chi connectivity index (χ0) is 34.1. The molecular weight excluding hydrogens is 618 g/mol. The Morgan fingerprint density at radius 3 is 2.59 bits per heavy atom. The Morgan fingerprint density at radius 2 is 1.96 bits per heavy atom. The number of halogens is 1. The summed E-state index contributed by atoms with van der Waals surface area (Å²) in [5.74, 6) is -0.933. The van der Waals surface area contributed by atoms with Crippen LogP contribution in [-0.4, -0.2) is 105 Å². The molecule has 0 radical (unpaired) electrons. The number of nitrogens with one attached hydrogen (secondary N) is 1. The molecule has 3 aliphatic rings. The molecule has 2 N–H and O–H groups in total. The number of amides is 2. The lowest BCUT2D eigenvalue weighted by Gasteiger charge is -2.42. The minimum absolute atomic E-state index is 0.00466. The maximum atomic E-state index is 13.9. The Bertz CT molecular complexity index is 1400. The highest BCUT2D eigenvalue weighted by Gasteiger charge is 2.64. The van der Waals surface area contributed by atoms with E-state index in [2.05, 4.69) is 5.32 Å². The summed E-state index contributed by atoms with van der Waals surface area (Å²) in [6.07, 6.45) is 1.53. The second kappa shape index (κ2) is 13.9. The van der Waals surface area contributed by atoms with Crippen LogP contribution >= 0.6 is 11.6 Å². The third kappa shape index (κ3) is 7.36. The van der Waals surface area contributed by atoms with Crippen molar-refractivity contribution in [2.75, 3.05) is 40.3 Å². The number of ether oxygens (including phenoxy) is 5. The molecule has 2 fully saturated rings. The molecule has 3 aliphatic heterocycles. The van der Waals surface area contributed by atoms with Crippen LogP contribution in [0.25, 0.3) is 0 Å². The number of rotatable bonds is 5. The molecule has 3 heterocycles. The first kappa shape index (κ1) is 35.7. The number of hydrogen-bond donors (Lipinski definition) is 2. The van der Waals surface area contributed by atoms with Gasteiger partial charge in [0.15, 0.2) is 5.72 Å². The maximum absolute atomic E-state index is 13.9. The van der Waals surface area contributed by atoms with Gasteiger partial charge in [0, 0.05) is 26.5 Å². The quantitative estimate of drug-likeness (QED) is 0.355. The third-order valence-electron chi connectivity index (χ3n) is 9.32. The van der Waals surface area contributed by atoms with Crippen LogP contribution in [0.2, 0.25) is 5.02 Å². The number of carbonyl (C=O) groups is 3. The largest absolute Gasteiger partial charge is 0.495 e. The number of allylic oxidation sites excluding steroid dienone is 3. The number of epoxide rings is 1. The Labute approximate surface area is 275 Å². The molecule has 0 aromatic heterocycles. The van der Waals surface area contributed by atoms with E-state index in [0.717, 1.165) is 11.1 Å². The summed E-state index contributed by atoms with van der Waals surface area (Å²) < 4.78 is 29.0. The molecular formula is C33H46ClN3O9. The Balaban J connectivity index is 1.80. The number of methoxy groups -OCH3 is 2. The fraction of sp³-hybridized carbons (Fsp3) is 0.606. The Kier molecular flexibility index (Phi) is 10.8. The first-order valence-corrected chi connectivity index (χ1v) is 15.7. The van der Waals surface area contributed by atoms with E-state index < -0.39 is 59.8 Å². The molecule has 46 heavy (non-hydrogen) atoms. The number of hydrogen-bond acceptors (Lipinski definition) is 10. The highest BCUT2D eigenvalue weighted by Crippen LogP contribution is 2.49. The lowest BCUT2D eigenvalue weighted by atomic mass is 9.83. The summed E-state index contributed by atoms with van der Waals surface area (Å²) in [7, 11) is 8.07. The topological polar surface area (TPSA) is 139 Å². The molecule has 12 nitrogen and oxygen atoms in total. The molecule has 2 amide bonds. The number of nitrogens with zero attached hydrogens (tertiary/aromatic N) is 2. The van der Waals surface area contributed by atoms with Gasteiger partial charge in [-0.05, 0) is 59.0 Å². The van der Waals surface area contributed by atoms with Crippen LogP contribution in [0.5, 0.6) is 5.75 Å². The standard InChI is InChI=1S/C33H46ClN3O9/c1-18-11-10-12-25(43-9)33(41)17-24(44-31(40)35-33)19(2)29-32(4,46-29)26(45-30(39)20(3)36(5)6)16-27(38)37(7)22-14-21(13-18)15-23(42-8)28(22)34/h10-12,14-15,19-20,24-26,29,41H,13,16-17H2,1-9H3,(H,35,40)/b12-10+,18-11+/t19?,20-,24-,25+,26-,29-,32-,33-/m0/s1. The number of esters is 1. The summed E-state index contributed by atoms with van der Waals surface area (Å²) in [4.78, 5) is 43.0. The summed E-state index contributed by atoms with van der Waals surface area (Å²) in [5.41, 5.74) is -0.642. The summed E-state index contributed by atoms with van der Waals surface area (Å²) >= 11 is 6.71. The summed E-state index contributed by atoms with van der Waals surface area (Å²) in [5, 5.41) is 14.4. The van der Waals surface area contributed by atoms with Crippen molar-refractivity contribution in [3.63, 3.8) is 0 Å². The molecule has 254 valence electrons. The van der Waals surface area contributed by atoms with E-state index in [1.165, 1.54) is 19.1 Å². The number of fused-ring (bicyclic) bond motifs is 5. The Hall–Kier alpha value is -3.16. The average molecular weight is 664 g/mol. The number of benzene rings is 1. The Morgan fingerprint density at radius 1 is 1.26 bits per heavy atom. The zero-order valence-corrected chi connectivity index (χ0v) is 28.7. The van der Waals surface area contributed by atoms with Gasteiger partial charge in [-0.25, -0.2) is 4.79 Å². The van der Waals surface area contributed by atoms with E-state index >= 15 is 0 Å². The molecule has 0 saturated carbocycles. The summed E-state index contributed by atoms with van der Waals surface area (Å²) in [6.45, 7) is 7.25. The van der Waals surface area contributed by atoms with Gasteiger partial charge in [0.2, 0.25) is 5.91 Å². The minimum Gasteiger partial charge on any atom is -0.495 e. The molecule has 8 atom stereocenters. The van der Waals surface area contributed by atoms with Gasteiger partial charge < -0.3 is 33.7 Å². The normalized spacial score (nSPS) is 34.4. The van der Waals surface area contributed by atoms with Gasteiger partial charge in [0.1, 0.15) is 40.7 Å². The van der Waals surface area contributed by atoms with Gasteiger partial charge in [-0.15, -0.1) is 0 Å². The average Bonchev–Trinajstić information content (AvgIpc) is 3.69. The van der Waals surface area contributed by atoms with Gasteiger partial charge in [-0.2, -0.15) is 0 Å². The number of carbonyl (C=O) groups excluding carboxylic acids is 3. The highest BCUT2D eigenvalue weighted by atomic mass is 35.5. The van der Waals surface area contributed by atoms with Gasteiger partial charge in [-0.3, -0.25) is 19.8 Å². The van der Waals surface area contributed by atoms with E-state index in [9.17, 15) is 19.5 Å². The lowest BCUT2D eigenvalue weighted by molar-refractivity contribution is -0.158. The molecule has 0 aliphatic carbocycles. The van der Waals surface area contributed by atoms with E-state index in [1.54, 1.807) is 52.0 Å². The SMILES string of the molecule is COc1cc2cc(c1Cl)N(C)C(=O)C[C@H](OC(=O)[C@H](C)N(C)C)[C@]1(C)O[C@H]1C(C)[C@@H]1C[C@@](O)(NC(=O)O1)[C@H](OC)/C=C/C=C(\C)C2.